The van der Waals surface area contributed by atoms with E-state index in [0.717, 1.165) is 16.8 Å². The SMILES string of the molecule is COc1ccc(Cn2ncc3c(C(=O)O)cccc32)cc1. The molecule has 1 heterocycles. The minimum absolute atomic E-state index is 0.272. The molecule has 0 bridgehead atoms. The first-order valence-electron chi connectivity index (χ1n) is 6.50. The number of ether oxygens (including phenoxy) is 1. The van der Waals surface area contributed by atoms with Crippen LogP contribution >= 0.6 is 0 Å². The third kappa shape index (κ3) is 2.45. The standard InChI is InChI=1S/C16H14N2O3/c1-21-12-7-5-11(6-8-12)10-18-15-4-2-3-13(16(19)20)14(15)9-17-18/h2-9H,10H2,1H3,(H,19,20). The van der Waals surface area contributed by atoms with Gasteiger partial charge in [0.2, 0.25) is 0 Å². The van der Waals surface area contributed by atoms with E-state index in [1.807, 2.05) is 30.3 Å². The molecule has 0 saturated carbocycles. The summed E-state index contributed by atoms with van der Waals surface area (Å²) in [5.74, 6) is -0.137. The second-order valence-electron chi connectivity index (χ2n) is 4.69. The molecule has 0 aliphatic rings. The van der Waals surface area contributed by atoms with Gasteiger partial charge in [0.05, 0.1) is 30.9 Å². The van der Waals surface area contributed by atoms with Crippen molar-refractivity contribution in [2.45, 2.75) is 6.54 Å². The molecule has 21 heavy (non-hydrogen) atoms. The first kappa shape index (κ1) is 13.2. The number of hydrogen-bond acceptors (Lipinski definition) is 3. The Balaban J connectivity index is 1.97. The maximum atomic E-state index is 11.2. The molecule has 0 fully saturated rings. The van der Waals surface area contributed by atoms with Gasteiger partial charge >= 0.3 is 5.97 Å². The van der Waals surface area contributed by atoms with Crippen LogP contribution < -0.4 is 4.74 Å². The lowest BCUT2D eigenvalue weighted by atomic mass is 10.1. The van der Waals surface area contributed by atoms with Crippen molar-refractivity contribution >= 4 is 16.9 Å². The highest BCUT2D eigenvalue weighted by Crippen LogP contribution is 2.20. The maximum absolute atomic E-state index is 11.2. The van der Waals surface area contributed by atoms with Crippen molar-refractivity contribution in [2.75, 3.05) is 7.11 Å². The van der Waals surface area contributed by atoms with Crippen molar-refractivity contribution < 1.29 is 14.6 Å². The topological polar surface area (TPSA) is 64.4 Å². The van der Waals surface area contributed by atoms with Crippen LogP contribution in [0.3, 0.4) is 0 Å². The van der Waals surface area contributed by atoms with Gasteiger partial charge in [-0.1, -0.05) is 18.2 Å². The minimum atomic E-state index is -0.940. The summed E-state index contributed by atoms with van der Waals surface area (Å²) in [6.45, 7) is 0.580. The normalized spacial score (nSPS) is 10.7. The second-order valence-corrected chi connectivity index (χ2v) is 4.69. The Morgan fingerprint density at radius 1 is 1.24 bits per heavy atom. The molecule has 0 unspecified atom stereocenters. The van der Waals surface area contributed by atoms with Crippen LogP contribution in [0, 0.1) is 0 Å². The molecule has 0 amide bonds. The van der Waals surface area contributed by atoms with Crippen LogP contribution in [-0.4, -0.2) is 28.0 Å². The van der Waals surface area contributed by atoms with Crippen molar-refractivity contribution in [1.82, 2.24) is 9.78 Å². The molecule has 5 heteroatoms. The highest BCUT2D eigenvalue weighted by molar-refractivity contribution is 6.02. The Morgan fingerprint density at radius 2 is 2.00 bits per heavy atom. The third-order valence-corrected chi connectivity index (χ3v) is 3.41. The van der Waals surface area contributed by atoms with Gasteiger partial charge in [-0.25, -0.2) is 4.79 Å². The number of methoxy groups -OCH3 is 1. The van der Waals surface area contributed by atoms with E-state index in [2.05, 4.69) is 5.10 Å². The van der Waals surface area contributed by atoms with Crippen molar-refractivity contribution in [3.63, 3.8) is 0 Å². The van der Waals surface area contributed by atoms with E-state index >= 15 is 0 Å². The van der Waals surface area contributed by atoms with Crippen LogP contribution in [-0.2, 0) is 6.54 Å². The number of benzene rings is 2. The summed E-state index contributed by atoms with van der Waals surface area (Å²) in [4.78, 5) is 11.2. The number of aromatic carboxylic acids is 1. The van der Waals surface area contributed by atoms with Gasteiger partial charge in [0.15, 0.2) is 0 Å². The van der Waals surface area contributed by atoms with Crippen molar-refractivity contribution in [1.29, 1.82) is 0 Å². The van der Waals surface area contributed by atoms with E-state index in [-0.39, 0.29) is 5.56 Å². The smallest absolute Gasteiger partial charge is 0.336 e. The number of rotatable bonds is 4. The van der Waals surface area contributed by atoms with Crippen molar-refractivity contribution in [2.24, 2.45) is 0 Å². The highest BCUT2D eigenvalue weighted by atomic mass is 16.5. The van der Waals surface area contributed by atoms with Crippen LogP contribution in [0.25, 0.3) is 10.9 Å². The molecule has 3 aromatic rings. The van der Waals surface area contributed by atoms with Gasteiger partial charge in [0.1, 0.15) is 5.75 Å². The summed E-state index contributed by atoms with van der Waals surface area (Å²) in [5.41, 5.74) is 2.15. The van der Waals surface area contributed by atoms with Gasteiger partial charge in [-0.15, -0.1) is 0 Å². The maximum Gasteiger partial charge on any atom is 0.336 e. The Morgan fingerprint density at radius 3 is 2.67 bits per heavy atom. The molecule has 0 spiro atoms. The Bertz CT molecular complexity index is 791. The zero-order valence-corrected chi connectivity index (χ0v) is 11.5. The first-order chi connectivity index (χ1) is 10.2. The number of hydrogen-bond donors (Lipinski definition) is 1. The summed E-state index contributed by atoms with van der Waals surface area (Å²) in [7, 11) is 1.63. The first-order valence-corrected chi connectivity index (χ1v) is 6.50. The van der Waals surface area contributed by atoms with Gasteiger partial charge < -0.3 is 9.84 Å². The van der Waals surface area contributed by atoms with Crippen LogP contribution in [0.4, 0.5) is 0 Å². The molecular weight excluding hydrogens is 268 g/mol. The van der Waals surface area contributed by atoms with Crippen LogP contribution in [0.2, 0.25) is 0 Å². The molecule has 3 rings (SSSR count). The predicted octanol–water partition coefficient (Wildman–Crippen LogP) is 2.79. The van der Waals surface area contributed by atoms with Crippen LogP contribution in [0.5, 0.6) is 5.75 Å². The zero-order chi connectivity index (χ0) is 14.8. The third-order valence-electron chi connectivity index (χ3n) is 3.41. The van der Waals surface area contributed by atoms with E-state index in [4.69, 9.17) is 4.74 Å². The molecule has 1 aromatic heterocycles. The van der Waals surface area contributed by atoms with E-state index < -0.39 is 5.97 Å². The highest BCUT2D eigenvalue weighted by Gasteiger charge is 2.11. The second kappa shape index (κ2) is 5.28. The summed E-state index contributed by atoms with van der Waals surface area (Å²) in [6, 6.07) is 12.9. The fraction of sp³-hybridized carbons (Fsp3) is 0.125. The zero-order valence-electron chi connectivity index (χ0n) is 11.5. The van der Waals surface area contributed by atoms with Gasteiger partial charge in [0, 0.05) is 5.39 Å². The fourth-order valence-electron chi connectivity index (χ4n) is 2.32. The Hall–Kier alpha value is -2.82. The van der Waals surface area contributed by atoms with Gasteiger partial charge in [0.25, 0.3) is 0 Å². The Labute approximate surface area is 121 Å². The van der Waals surface area contributed by atoms with Gasteiger partial charge in [-0.2, -0.15) is 5.10 Å². The summed E-state index contributed by atoms with van der Waals surface area (Å²) >= 11 is 0. The summed E-state index contributed by atoms with van der Waals surface area (Å²) in [5, 5.41) is 14.1. The number of carbonyl (C=O) groups is 1. The van der Waals surface area contributed by atoms with Gasteiger partial charge in [-0.05, 0) is 29.8 Å². The average Bonchev–Trinajstić information content (AvgIpc) is 2.91. The predicted molar refractivity (Wildman–Crippen MR) is 78.8 cm³/mol. The summed E-state index contributed by atoms with van der Waals surface area (Å²) in [6.07, 6.45) is 1.60. The quantitative estimate of drug-likeness (QED) is 0.799. The lowest BCUT2D eigenvalue weighted by molar-refractivity contribution is 0.0699. The Kier molecular flexibility index (Phi) is 3.31. The lowest BCUT2D eigenvalue weighted by Gasteiger charge is -2.06. The molecule has 106 valence electrons. The monoisotopic (exact) mass is 282 g/mol. The van der Waals surface area contributed by atoms with E-state index in [1.165, 1.54) is 0 Å². The van der Waals surface area contributed by atoms with E-state index in [1.54, 1.807) is 30.1 Å². The molecule has 1 N–H and O–H groups in total. The fourth-order valence-corrected chi connectivity index (χ4v) is 2.32. The summed E-state index contributed by atoms with van der Waals surface area (Å²) < 4.78 is 6.92. The van der Waals surface area contributed by atoms with Gasteiger partial charge in [-0.3, -0.25) is 4.68 Å². The molecule has 0 atom stereocenters. The molecule has 2 aromatic carbocycles. The molecule has 0 saturated heterocycles. The van der Waals surface area contributed by atoms with Crippen molar-refractivity contribution in [3.8, 4) is 5.75 Å². The largest absolute Gasteiger partial charge is 0.497 e. The number of carboxylic acids is 1. The molecule has 0 aliphatic carbocycles. The lowest BCUT2D eigenvalue weighted by Crippen LogP contribution is -2.02. The molecule has 0 radical (unpaired) electrons. The number of aromatic nitrogens is 2. The van der Waals surface area contributed by atoms with Crippen LogP contribution in [0.1, 0.15) is 15.9 Å². The molecule has 5 nitrogen and oxygen atoms in total. The number of fused-ring (bicyclic) bond motifs is 1. The average molecular weight is 282 g/mol. The van der Waals surface area contributed by atoms with Crippen LogP contribution in [0.15, 0.2) is 48.7 Å². The molecule has 0 aliphatic heterocycles. The van der Waals surface area contributed by atoms with Crippen molar-refractivity contribution in [3.05, 3.63) is 59.8 Å². The van der Waals surface area contributed by atoms with E-state index in [0.29, 0.717) is 11.9 Å². The molecular formula is C16H14N2O3. The minimum Gasteiger partial charge on any atom is -0.497 e. The number of nitrogens with zero attached hydrogens (tertiary/aromatic N) is 2. The number of carboxylic acid groups (broad SMARTS) is 1. The van der Waals surface area contributed by atoms with E-state index in [9.17, 15) is 9.90 Å².